The van der Waals surface area contributed by atoms with E-state index in [1.165, 1.54) is 66.8 Å². The fraction of sp³-hybridized carbons (Fsp3) is 0.115. The molecule has 0 fully saturated rings. The summed E-state index contributed by atoms with van der Waals surface area (Å²) in [4.78, 5) is 2.45. The lowest BCUT2D eigenvalue weighted by atomic mass is 9.81. The van der Waals surface area contributed by atoms with E-state index in [9.17, 15) is 0 Å². The molecule has 0 atom stereocenters. The topological polar surface area (TPSA) is 16.4 Å². The summed E-state index contributed by atoms with van der Waals surface area (Å²) >= 11 is 0. The minimum absolute atomic E-state index is 0.234. The van der Waals surface area contributed by atoms with Gasteiger partial charge in [-0.3, -0.25) is 0 Å². The summed E-state index contributed by atoms with van der Waals surface area (Å²) in [5.74, 6) is 0.415. The van der Waals surface area contributed by atoms with Crippen molar-refractivity contribution >= 4 is 39.0 Å². The largest absolute Gasteiger partial charge is 0.455 e. The molecule has 10 aromatic rings. The van der Waals surface area contributed by atoms with Crippen molar-refractivity contribution in [1.29, 1.82) is 0 Å². The van der Waals surface area contributed by atoms with Gasteiger partial charge in [-0.25, -0.2) is 0 Å². The van der Waals surface area contributed by atoms with Gasteiger partial charge in [-0.05, 0) is 128 Å². The van der Waals surface area contributed by atoms with Crippen molar-refractivity contribution < 1.29 is 4.42 Å². The van der Waals surface area contributed by atoms with Crippen LogP contribution < -0.4 is 4.90 Å². The van der Waals surface area contributed by atoms with Gasteiger partial charge in [0, 0.05) is 38.7 Å². The van der Waals surface area contributed by atoms with Crippen LogP contribution in [0.4, 0.5) is 17.1 Å². The first-order valence-corrected chi connectivity index (χ1v) is 22.2. The fourth-order valence-corrected chi connectivity index (χ4v) is 10.1. The number of furan rings is 1. The maximum Gasteiger partial charge on any atom is 0.143 e. The van der Waals surface area contributed by atoms with E-state index in [1.54, 1.807) is 0 Å². The summed E-state index contributed by atoms with van der Waals surface area (Å²) in [6.45, 7) is 11.5. The first-order valence-electron chi connectivity index (χ1n) is 22.2. The van der Waals surface area contributed by atoms with Gasteiger partial charge in [-0.15, -0.1) is 0 Å². The second-order valence-electron chi connectivity index (χ2n) is 17.9. The van der Waals surface area contributed by atoms with Gasteiger partial charge >= 0.3 is 0 Å². The Labute approximate surface area is 370 Å². The van der Waals surface area contributed by atoms with Gasteiger partial charge in [0.1, 0.15) is 11.2 Å². The highest BCUT2D eigenvalue weighted by molar-refractivity contribution is 6.10. The number of rotatable bonds is 8. The quantitative estimate of drug-likeness (QED) is 0.152. The van der Waals surface area contributed by atoms with E-state index >= 15 is 0 Å². The first kappa shape index (κ1) is 38.5. The molecule has 0 radical (unpaired) electrons. The zero-order valence-electron chi connectivity index (χ0n) is 36.5. The van der Waals surface area contributed by atoms with E-state index in [4.69, 9.17) is 4.42 Å². The third-order valence-electron chi connectivity index (χ3n) is 13.4. The lowest BCUT2D eigenvalue weighted by molar-refractivity contribution is 0.660. The van der Waals surface area contributed by atoms with Crippen LogP contribution in [0.1, 0.15) is 55.9 Å². The summed E-state index contributed by atoms with van der Waals surface area (Å²) in [6.07, 6.45) is 0. The van der Waals surface area contributed by atoms with Gasteiger partial charge in [0.25, 0.3) is 0 Å². The Morgan fingerprint density at radius 2 is 1.05 bits per heavy atom. The van der Waals surface area contributed by atoms with Crippen LogP contribution in [0.25, 0.3) is 77.6 Å². The van der Waals surface area contributed by atoms with E-state index in [2.05, 4.69) is 234 Å². The Hall–Kier alpha value is -7.42. The lowest BCUT2D eigenvalue weighted by Crippen LogP contribution is -2.16. The second-order valence-corrected chi connectivity index (χ2v) is 17.9. The molecule has 63 heavy (non-hydrogen) atoms. The molecule has 1 aliphatic carbocycles. The molecule has 0 saturated heterocycles. The van der Waals surface area contributed by atoms with Gasteiger partial charge in [-0.1, -0.05) is 179 Å². The van der Waals surface area contributed by atoms with Crippen LogP contribution in [0.3, 0.4) is 0 Å². The molecular weight excluding hydrogens is 763 g/mol. The number of fused-ring (bicyclic) bond motifs is 6. The molecule has 11 rings (SSSR count). The third kappa shape index (κ3) is 6.48. The Balaban J connectivity index is 1.04. The summed E-state index contributed by atoms with van der Waals surface area (Å²) in [5, 5.41) is 2.29. The summed E-state index contributed by atoms with van der Waals surface area (Å²) in [5.41, 5.74) is 22.5. The number of para-hydroxylation sites is 2. The van der Waals surface area contributed by atoms with E-state index < -0.39 is 0 Å². The summed E-state index contributed by atoms with van der Waals surface area (Å²) in [7, 11) is 0. The molecule has 2 heteroatoms. The van der Waals surface area contributed by atoms with Crippen LogP contribution in [-0.4, -0.2) is 0 Å². The first-order chi connectivity index (χ1) is 30.7. The van der Waals surface area contributed by atoms with E-state index in [-0.39, 0.29) is 5.41 Å². The molecule has 1 aliphatic rings. The van der Waals surface area contributed by atoms with Gasteiger partial charge in [0.15, 0.2) is 0 Å². The number of hydrogen-bond acceptors (Lipinski definition) is 2. The average molecular weight is 812 g/mol. The Kier molecular flexibility index (Phi) is 9.28. The van der Waals surface area contributed by atoms with E-state index in [0.29, 0.717) is 5.92 Å². The molecule has 304 valence electrons. The minimum Gasteiger partial charge on any atom is -0.455 e. The van der Waals surface area contributed by atoms with Gasteiger partial charge in [0.2, 0.25) is 0 Å². The van der Waals surface area contributed by atoms with Crippen LogP contribution >= 0.6 is 0 Å². The van der Waals surface area contributed by atoms with Gasteiger partial charge in [-0.2, -0.15) is 0 Å². The number of aryl methyl sites for hydroxylation is 1. The van der Waals surface area contributed by atoms with Crippen molar-refractivity contribution in [2.24, 2.45) is 0 Å². The number of hydrogen-bond donors (Lipinski definition) is 0. The maximum atomic E-state index is 6.53. The van der Waals surface area contributed by atoms with Crippen molar-refractivity contribution in [3.63, 3.8) is 0 Å². The summed E-state index contributed by atoms with van der Waals surface area (Å²) in [6, 6.07) is 73.3. The van der Waals surface area contributed by atoms with Crippen LogP contribution in [0.5, 0.6) is 0 Å². The minimum atomic E-state index is -0.234. The Bertz CT molecular complexity index is 3330. The predicted molar refractivity (Wildman–Crippen MR) is 267 cm³/mol. The standard InChI is InChI=1S/C61H49NO/c1-39(2)48-35-29-44(37-54(48)49-18-10-9-15-40(49)3)43-27-33-47(34-28-43)62(46-31-25-42(26-32-46)41-16-7-6-8-17-41)57-23-14-22-55-59(57)53-36-30-45(38-56(53)61(55,4)5)50-20-13-21-52-51-19-11-12-24-58(51)63-60(50)52/h6-39H,1-5H3. The molecule has 0 saturated carbocycles. The molecule has 0 bridgehead atoms. The van der Waals surface area contributed by atoms with Crippen LogP contribution in [0.15, 0.2) is 205 Å². The third-order valence-corrected chi connectivity index (χ3v) is 13.4. The van der Waals surface area contributed by atoms with Crippen LogP contribution in [0, 0.1) is 6.92 Å². The van der Waals surface area contributed by atoms with Crippen molar-refractivity contribution in [3.8, 4) is 55.6 Å². The molecule has 0 unspecified atom stereocenters. The van der Waals surface area contributed by atoms with Gasteiger partial charge < -0.3 is 9.32 Å². The lowest BCUT2D eigenvalue weighted by Gasteiger charge is -2.29. The van der Waals surface area contributed by atoms with E-state index in [0.717, 1.165) is 50.1 Å². The zero-order chi connectivity index (χ0) is 42.8. The fourth-order valence-electron chi connectivity index (χ4n) is 10.1. The van der Waals surface area contributed by atoms with E-state index in [1.807, 2.05) is 6.07 Å². The highest BCUT2D eigenvalue weighted by atomic mass is 16.3. The molecular formula is C61H49NO. The van der Waals surface area contributed by atoms with Crippen molar-refractivity contribution in [3.05, 3.63) is 222 Å². The zero-order valence-corrected chi connectivity index (χ0v) is 36.5. The molecule has 0 spiro atoms. The highest BCUT2D eigenvalue weighted by Gasteiger charge is 2.38. The average Bonchev–Trinajstić information content (AvgIpc) is 3.82. The predicted octanol–water partition coefficient (Wildman–Crippen LogP) is 17.5. The molecule has 0 N–H and O–H groups in total. The molecule has 9 aromatic carbocycles. The molecule has 2 nitrogen and oxygen atoms in total. The monoisotopic (exact) mass is 811 g/mol. The molecule has 0 aliphatic heterocycles. The maximum absolute atomic E-state index is 6.53. The van der Waals surface area contributed by atoms with Gasteiger partial charge in [0.05, 0.1) is 5.69 Å². The van der Waals surface area contributed by atoms with Crippen molar-refractivity contribution in [2.75, 3.05) is 4.90 Å². The van der Waals surface area contributed by atoms with Crippen molar-refractivity contribution in [1.82, 2.24) is 0 Å². The normalized spacial score (nSPS) is 12.8. The number of anilines is 3. The number of benzene rings is 9. The molecule has 0 amide bonds. The summed E-state index contributed by atoms with van der Waals surface area (Å²) < 4.78 is 6.53. The SMILES string of the molecule is Cc1ccccc1-c1cc(-c2ccc(N(c3ccc(-c4ccccc4)cc3)c3cccc4c3-c3ccc(-c5cccc6c5oc5ccccc56)cc3C4(C)C)cc2)ccc1C(C)C. The molecule has 1 aromatic heterocycles. The Morgan fingerprint density at radius 3 is 1.79 bits per heavy atom. The smallest absolute Gasteiger partial charge is 0.143 e. The Morgan fingerprint density at radius 1 is 0.444 bits per heavy atom. The van der Waals surface area contributed by atoms with Crippen molar-refractivity contribution in [2.45, 2.75) is 46.0 Å². The second kappa shape index (κ2) is 15.2. The highest BCUT2D eigenvalue weighted by Crippen LogP contribution is 2.55. The number of nitrogens with zero attached hydrogens (tertiary/aromatic N) is 1. The molecule has 1 heterocycles. The van der Waals surface area contributed by atoms with Crippen LogP contribution in [-0.2, 0) is 5.41 Å². The van der Waals surface area contributed by atoms with Crippen LogP contribution in [0.2, 0.25) is 0 Å².